The van der Waals surface area contributed by atoms with Crippen molar-refractivity contribution in [3.05, 3.63) is 54.6 Å². The van der Waals surface area contributed by atoms with Gasteiger partial charge in [-0.3, -0.25) is 0 Å². The predicted octanol–water partition coefficient (Wildman–Crippen LogP) is 3.89. The number of esters is 1. The predicted molar refractivity (Wildman–Crippen MR) is 97.2 cm³/mol. The Morgan fingerprint density at radius 1 is 1.08 bits per heavy atom. The van der Waals surface area contributed by atoms with Gasteiger partial charge in [0, 0.05) is 5.69 Å². The van der Waals surface area contributed by atoms with Gasteiger partial charge in [-0.1, -0.05) is 41.7 Å². The number of rotatable bonds is 7. The second kappa shape index (κ2) is 8.25. The van der Waals surface area contributed by atoms with Crippen molar-refractivity contribution in [3.63, 3.8) is 0 Å². The van der Waals surface area contributed by atoms with E-state index in [1.54, 1.807) is 13.0 Å². The number of hydrogen-bond acceptors (Lipinski definition) is 7. The lowest BCUT2D eigenvalue weighted by Crippen LogP contribution is -2.14. The molecule has 0 unspecified atom stereocenters. The van der Waals surface area contributed by atoms with Gasteiger partial charge in [0.25, 0.3) is 0 Å². The fraction of sp³-hybridized carbons (Fsp3) is 0.167. The normalized spacial score (nSPS) is 10.3. The van der Waals surface area contributed by atoms with Gasteiger partial charge in [0.15, 0.2) is 11.6 Å². The van der Waals surface area contributed by atoms with E-state index in [1.807, 2.05) is 48.5 Å². The molecule has 0 aliphatic carbocycles. The zero-order valence-electron chi connectivity index (χ0n) is 13.6. The van der Waals surface area contributed by atoms with Gasteiger partial charge in [-0.15, -0.1) is 10.2 Å². The highest BCUT2D eigenvalue weighted by atomic mass is 32.1. The quantitative estimate of drug-likeness (QED) is 0.648. The van der Waals surface area contributed by atoms with E-state index >= 15 is 0 Å². The summed E-state index contributed by atoms with van der Waals surface area (Å²) < 4.78 is 10.5. The summed E-state index contributed by atoms with van der Waals surface area (Å²) in [5, 5.41) is 13.0. The van der Waals surface area contributed by atoms with Gasteiger partial charge in [-0.25, -0.2) is 4.79 Å². The number of aromatic nitrogens is 2. The molecule has 0 aliphatic heterocycles. The van der Waals surface area contributed by atoms with Crippen LogP contribution < -0.4 is 10.1 Å². The number of benzene rings is 2. The van der Waals surface area contributed by atoms with Gasteiger partial charge in [-0.2, -0.15) is 0 Å². The number of hydrogen-bond donors (Lipinski definition) is 1. The van der Waals surface area contributed by atoms with Gasteiger partial charge in [0.05, 0.1) is 12.2 Å². The average molecular weight is 355 g/mol. The second-order valence-electron chi connectivity index (χ2n) is 4.99. The molecule has 1 heterocycles. The molecule has 0 bridgehead atoms. The molecule has 2 aromatic carbocycles. The first kappa shape index (κ1) is 16.9. The number of nitrogens with one attached hydrogen (secondary N) is 1. The smallest absolute Gasteiger partial charge is 0.344 e. The van der Waals surface area contributed by atoms with Crippen LogP contribution in [0.3, 0.4) is 0 Å². The molecular formula is C18H17N3O3S. The van der Waals surface area contributed by atoms with Crippen molar-refractivity contribution in [1.82, 2.24) is 10.2 Å². The summed E-state index contributed by atoms with van der Waals surface area (Å²) in [5.74, 6) is 0.166. The van der Waals surface area contributed by atoms with Crippen LogP contribution in [-0.2, 0) is 9.53 Å². The third kappa shape index (κ3) is 4.54. The Morgan fingerprint density at radius 3 is 2.64 bits per heavy atom. The fourth-order valence-electron chi connectivity index (χ4n) is 2.14. The summed E-state index contributed by atoms with van der Waals surface area (Å²) in [6.45, 7) is 1.95. The molecule has 128 valence electrons. The van der Waals surface area contributed by atoms with Crippen molar-refractivity contribution in [2.24, 2.45) is 0 Å². The maximum atomic E-state index is 11.5. The Bertz CT molecular complexity index is 836. The lowest BCUT2D eigenvalue weighted by Gasteiger charge is -2.08. The SMILES string of the molecule is CCOC(=O)COc1ccccc1-c1nnc(Nc2ccccc2)s1. The standard InChI is InChI=1S/C18H17N3O3S/c1-2-23-16(22)12-24-15-11-7-6-10-14(15)17-20-21-18(25-17)19-13-8-4-3-5-9-13/h3-11H,2,12H2,1H3,(H,19,21). The third-order valence-electron chi connectivity index (χ3n) is 3.22. The number of anilines is 2. The zero-order chi connectivity index (χ0) is 17.5. The second-order valence-corrected chi connectivity index (χ2v) is 5.97. The van der Waals surface area contributed by atoms with E-state index < -0.39 is 5.97 Å². The molecule has 0 spiro atoms. The van der Waals surface area contributed by atoms with Gasteiger partial charge in [0.2, 0.25) is 5.13 Å². The van der Waals surface area contributed by atoms with Gasteiger partial charge >= 0.3 is 5.97 Å². The minimum atomic E-state index is -0.402. The Labute approximate surface area is 149 Å². The summed E-state index contributed by atoms with van der Waals surface area (Å²) in [4.78, 5) is 11.5. The molecular weight excluding hydrogens is 338 g/mol. The van der Waals surface area contributed by atoms with E-state index in [9.17, 15) is 4.79 Å². The van der Waals surface area contributed by atoms with Crippen LogP contribution in [0.25, 0.3) is 10.6 Å². The minimum absolute atomic E-state index is 0.140. The molecule has 0 fully saturated rings. The molecule has 1 N–H and O–H groups in total. The molecule has 3 aromatic rings. The van der Waals surface area contributed by atoms with Crippen LogP contribution in [0.4, 0.5) is 10.8 Å². The number of nitrogens with zero attached hydrogens (tertiary/aromatic N) is 2. The van der Waals surface area contributed by atoms with Crippen LogP contribution in [0.1, 0.15) is 6.92 Å². The molecule has 1 aromatic heterocycles. The minimum Gasteiger partial charge on any atom is -0.481 e. The van der Waals surface area contributed by atoms with E-state index in [0.717, 1.165) is 11.3 Å². The fourth-order valence-corrected chi connectivity index (χ4v) is 2.93. The highest BCUT2D eigenvalue weighted by Gasteiger charge is 2.13. The number of carbonyl (C=O) groups excluding carboxylic acids is 1. The molecule has 0 amide bonds. The molecule has 7 heteroatoms. The van der Waals surface area contributed by atoms with E-state index in [-0.39, 0.29) is 6.61 Å². The van der Waals surface area contributed by atoms with Crippen molar-refractivity contribution in [3.8, 4) is 16.3 Å². The van der Waals surface area contributed by atoms with Crippen LogP contribution in [0.5, 0.6) is 5.75 Å². The van der Waals surface area contributed by atoms with Crippen molar-refractivity contribution in [2.75, 3.05) is 18.5 Å². The van der Waals surface area contributed by atoms with Crippen molar-refractivity contribution in [1.29, 1.82) is 0 Å². The van der Waals surface area contributed by atoms with Gasteiger partial charge in [-0.05, 0) is 31.2 Å². The summed E-state index contributed by atoms with van der Waals surface area (Å²) in [6.07, 6.45) is 0. The molecule has 3 rings (SSSR count). The molecule has 6 nitrogen and oxygen atoms in total. The Hall–Kier alpha value is -2.93. The lowest BCUT2D eigenvalue weighted by molar-refractivity contribution is -0.145. The van der Waals surface area contributed by atoms with Crippen LogP contribution in [0, 0.1) is 0 Å². The molecule has 0 aliphatic rings. The van der Waals surface area contributed by atoms with Gasteiger partial charge in [0.1, 0.15) is 5.75 Å². The van der Waals surface area contributed by atoms with Crippen LogP contribution in [0.2, 0.25) is 0 Å². The summed E-state index contributed by atoms with van der Waals surface area (Å²) in [5.41, 5.74) is 1.72. The number of para-hydroxylation sites is 2. The first-order chi connectivity index (χ1) is 12.3. The molecule has 0 saturated heterocycles. The van der Waals surface area contributed by atoms with Gasteiger partial charge < -0.3 is 14.8 Å². The van der Waals surface area contributed by atoms with Crippen molar-refractivity contribution >= 4 is 28.1 Å². The van der Waals surface area contributed by atoms with Crippen LogP contribution in [0.15, 0.2) is 54.6 Å². The molecule has 0 radical (unpaired) electrons. The molecule has 0 saturated carbocycles. The summed E-state index contributed by atoms with van der Waals surface area (Å²) >= 11 is 1.41. The van der Waals surface area contributed by atoms with E-state index in [4.69, 9.17) is 9.47 Å². The molecule has 25 heavy (non-hydrogen) atoms. The first-order valence-electron chi connectivity index (χ1n) is 7.79. The van der Waals surface area contributed by atoms with Crippen LogP contribution >= 0.6 is 11.3 Å². The third-order valence-corrected chi connectivity index (χ3v) is 4.09. The highest BCUT2D eigenvalue weighted by molar-refractivity contribution is 7.18. The Balaban J connectivity index is 1.75. The first-order valence-corrected chi connectivity index (χ1v) is 8.61. The maximum Gasteiger partial charge on any atom is 0.344 e. The number of ether oxygens (including phenoxy) is 2. The zero-order valence-corrected chi connectivity index (χ0v) is 14.5. The average Bonchev–Trinajstić information content (AvgIpc) is 3.10. The molecule has 0 atom stereocenters. The van der Waals surface area contributed by atoms with E-state index in [2.05, 4.69) is 15.5 Å². The topological polar surface area (TPSA) is 73.3 Å². The van der Waals surface area contributed by atoms with Crippen molar-refractivity contribution in [2.45, 2.75) is 6.92 Å². The Kier molecular flexibility index (Phi) is 5.58. The van der Waals surface area contributed by atoms with E-state index in [1.165, 1.54) is 11.3 Å². The van der Waals surface area contributed by atoms with Crippen LogP contribution in [-0.4, -0.2) is 29.4 Å². The lowest BCUT2D eigenvalue weighted by atomic mass is 10.2. The monoisotopic (exact) mass is 355 g/mol. The summed E-state index contributed by atoms with van der Waals surface area (Å²) in [7, 11) is 0. The number of carbonyl (C=O) groups is 1. The Morgan fingerprint density at radius 2 is 1.84 bits per heavy atom. The summed E-state index contributed by atoms with van der Waals surface area (Å²) in [6, 6.07) is 17.2. The van der Waals surface area contributed by atoms with Crippen molar-refractivity contribution < 1.29 is 14.3 Å². The maximum absolute atomic E-state index is 11.5. The highest BCUT2D eigenvalue weighted by Crippen LogP contribution is 2.34. The largest absolute Gasteiger partial charge is 0.481 e. The van der Waals surface area contributed by atoms with E-state index in [0.29, 0.717) is 22.5 Å².